The van der Waals surface area contributed by atoms with E-state index in [1.54, 1.807) is 6.07 Å². The molecule has 0 fully saturated rings. The first-order chi connectivity index (χ1) is 8.74. The van der Waals surface area contributed by atoms with Gasteiger partial charge in [-0.05, 0) is 38.8 Å². The lowest BCUT2D eigenvalue weighted by atomic mass is 10.0. The van der Waals surface area contributed by atoms with Crippen molar-refractivity contribution < 1.29 is 14.3 Å². The van der Waals surface area contributed by atoms with Crippen LogP contribution in [0.4, 0.5) is 0 Å². The second-order valence-electron chi connectivity index (χ2n) is 3.73. The Morgan fingerprint density at radius 3 is 2.67 bits per heavy atom. The predicted molar refractivity (Wildman–Crippen MR) is 75.7 cm³/mol. The van der Waals surface area contributed by atoms with Crippen molar-refractivity contribution in [1.29, 1.82) is 0 Å². The van der Waals surface area contributed by atoms with E-state index in [2.05, 4.69) is 15.9 Å². The van der Waals surface area contributed by atoms with Gasteiger partial charge in [0.25, 0.3) is 0 Å². The largest absolute Gasteiger partial charge is 0.494 e. The zero-order valence-corrected chi connectivity index (χ0v) is 12.5. The summed E-state index contributed by atoms with van der Waals surface area (Å²) in [6.45, 7) is 4.72. The minimum atomic E-state index is -0.274. The van der Waals surface area contributed by atoms with Gasteiger partial charge in [-0.2, -0.15) is 0 Å². The van der Waals surface area contributed by atoms with Crippen molar-refractivity contribution in [2.45, 2.75) is 26.7 Å². The molecule has 0 bridgehead atoms. The Morgan fingerprint density at radius 1 is 1.28 bits per heavy atom. The molecule has 0 aliphatic rings. The molecule has 0 atom stereocenters. The summed E-state index contributed by atoms with van der Waals surface area (Å²) in [7, 11) is 0. The molecule has 0 amide bonds. The van der Waals surface area contributed by atoms with Gasteiger partial charge in [0.1, 0.15) is 5.75 Å². The van der Waals surface area contributed by atoms with Crippen molar-refractivity contribution in [2.24, 2.45) is 0 Å². The maximum absolute atomic E-state index is 11.9. The molecule has 3 nitrogen and oxygen atoms in total. The number of halogens is 1. The molecule has 0 aliphatic carbocycles. The minimum Gasteiger partial charge on any atom is -0.494 e. The van der Waals surface area contributed by atoms with E-state index in [4.69, 9.17) is 9.47 Å². The molecule has 0 saturated heterocycles. The fourth-order valence-corrected chi connectivity index (χ4v) is 2.04. The molecule has 100 valence electrons. The van der Waals surface area contributed by atoms with Gasteiger partial charge in [0.05, 0.1) is 18.8 Å². The summed E-state index contributed by atoms with van der Waals surface area (Å²) in [5.74, 6) is 0.507. The zero-order chi connectivity index (χ0) is 13.4. The van der Waals surface area contributed by atoms with Crippen molar-refractivity contribution in [3.8, 4) is 5.75 Å². The lowest BCUT2D eigenvalue weighted by molar-refractivity contribution is 0.0524. The molecule has 1 aromatic rings. The second kappa shape index (κ2) is 8.14. The fourth-order valence-electron chi connectivity index (χ4n) is 1.76. The summed E-state index contributed by atoms with van der Waals surface area (Å²) in [4.78, 5) is 11.9. The SMILES string of the molecule is CCOC(=O)c1cccc(OCC)c1CCCBr. The van der Waals surface area contributed by atoms with Crippen LogP contribution in [0, 0.1) is 0 Å². The van der Waals surface area contributed by atoms with Gasteiger partial charge in [-0.3, -0.25) is 0 Å². The second-order valence-corrected chi connectivity index (χ2v) is 4.52. The first-order valence-corrected chi connectivity index (χ1v) is 7.34. The Morgan fingerprint density at radius 2 is 2.06 bits per heavy atom. The molecule has 1 aromatic carbocycles. The summed E-state index contributed by atoms with van der Waals surface area (Å²) in [6.07, 6.45) is 1.76. The van der Waals surface area contributed by atoms with Crippen molar-refractivity contribution >= 4 is 21.9 Å². The number of alkyl halides is 1. The molecule has 0 saturated carbocycles. The molecule has 0 N–H and O–H groups in total. The Hall–Kier alpha value is -1.03. The third-order valence-corrected chi connectivity index (χ3v) is 3.05. The van der Waals surface area contributed by atoms with Crippen LogP contribution in [0.1, 0.15) is 36.2 Å². The molecule has 0 spiro atoms. The number of esters is 1. The predicted octanol–water partition coefficient (Wildman–Crippen LogP) is 3.59. The highest BCUT2D eigenvalue weighted by Gasteiger charge is 2.16. The molecule has 0 unspecified atom stereocenters. The van der Waals surface area contributed by atoms with Gasteiger partial charge in [0.2, 0.25) is 0 Å². The van der Waals surface area contributed by atoms with Gasteiger partial charge in [-0.1, -0.05) is 22.0 Å². The molecule has 18 heavy (non-hydrogen) atoms. The Balaban J connectivity index is 3.05. The highest BCUT2D eigenvalue weighted by Crippen LogP contribution is 2.25. The average Bonchev–Trinajstić information content (AvgIpc) is 2.37. The molecular weight excluding hydrogens is 296 g/mol. The third kappa shape index (κ3) is 4.02. The summed E-state index contributed by atoms with van der Waals surface area (Å²) in [5.41, 5.74) is 1.56. The lowest BCUT2D eigenvalue weighted by Gasteiger charge is -2.13. The Bertz CT molecular complexity index is 391. The first-order valence-electron chi connectivity index (χ1n) is 6.22. The van der Waals surface area contributed by atoms with Gasteiger partial charge in [0.15, 0.2) is 0 Å². The van der Waals surface area contributed by atoms with E-state index < -0.39 is 0 Å². The molecule has 0 aliphatic heterocycles. The van der Waals surface area contributed by atoms with E-state index in [1.807, 2.05) is 26.0 Å². The van der Waals surface area contributed by atoms with Crippen LogP contribution in [0.25, 0.3) is 0 Å². The number of rotatable bonds is 7. The van der Waals surface area contributed by atoms with Crippen molar-refractivity contribution in [3.05, 3.63) is 29.3 Å². The normalized spacial score (nSPS) is 10.2. The van der Waals surface area contributed by atoms with E-state index in [0.717, 1.165) is 29.5 Å². The maximum atomic E-state index is 11.9. The minimum absolute atomic E-state index is 0.274. The van der Waals surface area contributed by atoms with Crippen LogP contribution in [0.5, 0.6) is 5.75 Å². The highest BCUT2D eigenvalue weighted by molar-refractivity contribution is 9.09. The van der Waals surface area contributed by atoms with Crippen LogP contribution in [0.15, 0.2) is 18.2 Å². The molecule has 0 radical (unpaired) electrons. The van der Waals surface area contributed by atoms with Crippen LogP contribution in [-0.4, -0.2) is 24.5 Å². The highest BCUT2D eigenvalue weighted by atomic mass is 79.9. The van der Waals surface area contributed by atoms with Crippen LogP contribution in [-0.2, 0) is 11.2 Å². The molecule has 1 rings (SSSR count). The van der Waals surface area contributed by atoms with E-state index in [0.29, 0.717) is 18.8 Å². The number of hydrogen-bond acceptors (Lipinski definition) is 3. The van der Waals surface area contributed by atoms with E-state index in [-0.39, 0.29) is 5.97 Å². The number of benzene rings is 1. The fraction of sp³-hybridized carbons (Fsp3) is 0.500. The van der Waals surface area contributed by atoms with Crippen molar-refractivity contribution in [1.82, 2.24) is 0 Å². The number of carbonyl (C=O) groups is 1. The molecule has 0 heterocycles. The number of carbonyl (C=O) groups excluding carboxylic acids is 1. The topological polar surface area (TPSA) is 35.5 Å². The molecule has 4 heteroatoms. The third-order valence-electron chi connectivity index (χ3n) is 2.49. The quantitative estimate of drug-likeness (QED) is 0.570. The molecular formula is C14H19BrO3. The summed E-state index contributed by atoms with van der Waals surface area (Å²) in [5, 5.41) is 0.899. The average molecular weight is 315 g/mol. The maximum Gasteiger partial charge on any atom is 0.338 e. The van der Waals surface area contributed by atoms with Gasteiger partial charge in [-0.25, -0.2) is 4.79 Å². The van der Waals surface area contributed by atoms with Crippen LogP contribution >= 0.6 is 15.9 Å². The molecule has 0 aromatic heterocycles. The first kappa shape index (κ1) is 15.0. The van der Waals surface area contributed by atoms with Crippen molar-refractivity contribution in [2.75, 3.05) is 18.5 Å². The number of ether oxygens (including phenoxy) is 2. The van der Waals surface area contributed by atoms with Gasteiger partial charge < -0.3 is 9.47 Å². The smallest absolute Gasteiger partial charge is 0.338 e. The van der Waals surface area contributed by atoms with Crippen LogP contribution < -0.4 is 4.74 Å². The van der Waals surface area contributed by atoms with Gasteiger partial charge >= 0.3 is 5.97 Å². The Kier molecular flexibility index (Phi) is 6.80. The van der Waals surface area contributed by atoms with Gasteiger partial charge in [0, 0.05) is 10.9 Å². The lowest BCUT2D eigenvalue weighted by Crippen LogP contribution is -2.10. The van der Waals surface area contributed by atoms with Crippen LogP contribution in [0.3, 0.4) is 0 Å². The zero-order valence-electron chi connectivity index (χ0n) is 10.9. The van der Waals surface area contributed by atoms with Crippen molar-refractivity contribution in [3.63, 3.8) is 0 Å². The standard InChI is InChI=1S/C14H19BrO3/c1-3-17-13-9-5-7-12(14(16)18-4-2)11(13)8-6-10-15/h5,7,9H,3-4,6,8,10H2,1-2H3. The summed E-state index contributed by atoms with van der Waals surface area (Å²) >= 11 is 3.41. The van der Waals surface area contributed by atoms with E-state index in [9.17, 15) is 4.79 Å². The van der Waals surface area contributed by atoms with E-state index >= 15 is 0 Å². The Labute approximate surface area is 117 Å². The monoisotopic (exact) mass is 314 g/mol. The van der Waals surface area contributed by atoms with Crippen LogP contribution in [0.2, 0.25) is 0 Å². The number of hydrogen-bond donors (Lipinski definition) is 0. The summed E-state index contributed by atoms with van der Waals surface area (Å²) in [6, 6.07) is 5.52. The summed E-state index contributed by atoms with van der Waals surface area (Å²) < 4.78 is 10.7. The van der Waals surface area contributed by atoms with Gasteiger partial charge in [-0.15, -0.1) is 0 Å². The van der Waals surface area contributed by atoms with E-state index in [1.165, 1.54) is 0 Å².